The number of ether oxygens (including phenoxy) is 1. The first-order chi connectivity index (χ1) is 9.99. The number of hydrogen-bond donors (Lipinski definition) is 2. The van der Waals surface area contributed by atoms with E-state index in [2.05, 4.69) is 5.32 Å². The summed E-state index contributed by atoms with van der Waals surface area (Å²) in [6, 6.07) is 2.13. The zero-order valence-electron chi connectivity index (χ0n) is 11.0. The van der Waals surface area contributed by atoms with E-state index in [1.807, 2.05) is 0 Å². The van der Waals surface area contributed by atoms with Crippen molar-refractivity contribution in [3.05, 3.63) is 39.7 Å². The Hall–Kier alpha value is -2.06. The smallest absolute Gasteiger partial charge is 0.282 e. The number of rotatable bonds is 3. The molecule has 1 saturated carbocycles. The maximum absolute atomic E-state index is 13.2. The van der Waals surface area contributed by atoms with Gasteiger partial charge in [0.05, 0.1) is 17.1 Å². The first-order valence-corrected chi connectivity index (χ1v) is 6.61. The van der Waals surface area contributed by atoms with Crippen LogP contribution in [-0.4, -0.2) is 35.6 Å². The fraction of sp³-hybridized carbons (Fsp3) is 0.462. The molecule has 1 aromatic rings. The summed E-state index contributed by atoms with van der Waals surface area (Å²) in [7, 11) is 0. The van der Waals surface area contributed by atoms with Gasteiger partial charge < -0.3 is 15.8 Å². The number of carbonyl (C=O) groups excluding carboxylic acids is 1. The van der Waals surface area contributed by atoms with E-state index in [4.69, 9.17) is 10.5 Å². The summed E-state index contributed by atoms with van der Waals surface area (Å²) in [5.74, 6) is -1.22. The second kappa shape index (κ2) is 5.05. The fourth-order valence-corrected chi connectivity index (χ4v) is 3.01. The van der Waals surface area contributed by atoms with Crippen LogP contribution in [0, 0.1) is 21.8 Å². The number of nitro groups is 1. The molecule has 0 bridgehead atoms. The number of benzene rings is 1. The molecule has 3 N–H and O–H groups in total. The van der Waals surface area contributed by atoms with Gasteiger partial charge in [-0.15, -0.1) is 0 Å². The Morgan fingerprint density at radius 1 is 1.52 bits per heavy atom. The van der Waals surface area contributed by atoms with Crippen LogP contribution < -0.4 is 11.1 Å². The van der Waals surface area contributed by atoms with Gasteiger partial charge in [-0.25, -0.2) is 4.39 Å². The number of nitrogens with one attached hydrogen (secondary N) is 1. The van der Waals surface area contributed by atoms with Gasteiger partial charge in [0.2, 0.25) is 0 Å². The van der Waals surface area contributed by atoms with Gasteiger partial charge in [0.25, 0.3) is 11.6 Å². The quantitative estimate of drug-likeness (QED) is 0.626. The van der Waals surface area contributed by atoms with E-state index in [0.717, 1.165) is 24.6 Å². The monoisotopic (exact) mass is 295 g/mol. The number of halogens is 1. The molecule has 1 heterocycles. The third kappa shape index (κ3) is 2.26. The van der Waals surface area contributed by atoms with Crippen molar-refractivity contribution in [3.8, 4) is 0 Å². The summed E-state index contributed by atoms with van der Waals surface area (Å²) < 4.78 is 18.7. The van der Waals surface area contributed by atoms with Crippen molar-refractivity contribution in [1.29, 1.82) is 0 Å². The van der Waals surface area contributed by atoms with E-state index in [-0.39, 0.29) is 23.6 Å². The van der Waals surface area contributed by atoms with Crippen LogP contribution in [0.1, 0.15) is 16.8 Å². The molecule has 0 radical (unpaired) electrons. The first kappa shape index (κ1) is 13.9. The summed E-state index contributed by atoms with van der Waals surface area (Å²) >= 11 is 0. The zero-order chi connectivity index (χ0) is 15.1. The summed E-state index contributed by atoms with van der Waals surface area (Å²) in [5, 5.41) is 13.5. The van der Waals surface area contributed by atoms with E-state index in [1.54, 1.807) is 0 Å². The molecule has 0 spiro atoms. The fourth-order valence-electron chi connectivity index (χ4n) is 3.01. The van der Waals surface area contributed by atoms with Gasteiger partial charge in [-0.3, -0.25) is 14.9 Å². The Labute approximate surface area is 119 Å². The standard InChI is InChI=1S/C13H14FN3O4/c14-6-1-2-9(17(19)20)8(5-6)13(18)16-11-10(15)7-3-4-21-12(7)11/h1-2,5,7,10-12H,3-4,15H2,(H,16,18). The van der Waals surface area contributed by atoms with Crippen LogP contribution in [0.25, 0.3) is 0 Å². The molecule has 2 fully saturated rings. The molecule has 3 rings (SSSR count). The minimum atomic E-state index is -0.718. The maximum atomic E-state index is 13.2. The third-order valence-corrected chi connectivity index (χ3v) is 4.14. The normalized spacial score (nSPS) is 30.4. The lowest BCUT2D eigenvalue weighted by Gasteiger charge is -2.45. The molecule has 7 nitrogen and oxygen atoms in total. The van der Waals surface area contributed by atoms with E-state index < -0.39 is 28.4 Å². The van der Waals surface area contributed by atoms with Crippen LogP contribution in [0.15, 0.2) is 18.2 Å². The van der Waals surface area contributed by atoms with Crippen molar-refractivity contribution in [1.82, 2.24) is 5.32 Å². The minimum absolute atomic E-state index is 0.156. The zero-order valence-corrected chi connectivity index (χ0v) is 11.0. The highest BCUT2D eigenvalue weighted by Crippen LogP contribution is 2.38. The number of fused-ring (bicyclic) bond motifs is 1. The van der Waals surface area contributed by atoms with Gasteiger partial charge in [-0.05, 0) is 18.6 Å². The molecule has 4 unspecified atom stereocenters. The molecule has 1 saturated heterocycles. The van der Waals surface area contributed by atoms with Crippen LogP contribution in [0.2, 0.25) is 0 Å². The molecule has 0 aromatic heterocycles. The lowest BCUT2D eigenvalue weighted by atomic mass is 9.72. The van der Waals surface area contributed by atoms with Crippen molar-refractivity contribution in [3.63, 3.8) is 0 Å². The van der Waals surface area contributed by atoms with Crippen LogP contribution in [0.3, 0.4) is 0 Å². The summed E-state index contributed by atoms with van der Waals surface area (Å²) in [6.07, 6.45) is 0.690. The Morgan fingerprint density at radius 2 is 2.29 bits per heavy atom. The molecule has 2 aliphatic rings. The molecular weight excluding hydrogens is 281 g/mol. The molecule has 4 atom stereocenters. The molecule has 1 aliphatic carbocycles. The highest BCUT2D eigenvalue weighted by atomic mass is 19.1. The Kier molecular flexibility index (Phi) is 3.34. The summed E-state index contributed by atoms with van der Waals surface area (Å²) in [6.45, 7) is 0.593. The number of carbonyl (C=O) groups is 1. The van der Waals surface area contributed by atoms with Gasteiger partial charge in [0.1, 0.15) is 11.4 Å². The van der Waals surface area contributed by atoms with Gasteiger partial charge in [-0.2, -0.15) is 0 Å². The van der Waals surface area contributed by atoms with Crippen molar-refractivity contribution in [2.45, 2.75) is 24.6 Å². The van der Waals surface area contributed by atoms with E-state index >= 15 is 0 Å². The number of nitro benzene ring substituents is 1. The van der Waals surface area contributed by atoms with E-state index in [1.165, 1.54) is 0 Å². The molecule has 8 heteroatoms. The summed E-state index contributed by atoms with van der Waals surface area (Å²) in [4.78, 5) is 22.4. The predicted molar refractivity (Wildman–Crippen MR) is 70.1 cm³/mol. The number of hydrogen-bond acceptors (Lipinski definition) is 5. The van der Waals surface area contributed by atoms with Crippen LogP contribution in [-0.2, 0) is 4.74 Å². The first-order valence-electron chi connectivity index (χ1n) is 6.61. The molecule has 1 aliphatic heterocycles. The van der Waals surface area contributed by atoms with Crippen LogP contribution in [0.5, 0.6) is 0 Å². The van der Waals surface area contributed by atoms with E-state index in [0.29, 0.717) is 6.61 Å². The largest absolute Gasteiger partial charge is 0.376 e. The third-order valence-electron chi connectivity index (χ3n) is 4.14. The number of amides is 1. The highest BCUT2D eigenvalue weighted by Gasteiger charge is 2.52. The van der Waals surface area contributed by atoms with Crippen molar-refractivity contribution in [2.24, 2.45) is 11.7 Å². The van der Waals surface area contributed by atoms with Gasteiger partial charge in [0.15, 0.2) is 0 Å². The average Bonchev–Trinajstić information content (AvgIpc) is 2.88. The molecule has 21 heavy (non-hydrogen) atoms. The Balaban J connectivity index is 1.80. The van der Waals surface area contributed by atoms with Crippen molar-refractivity contribution >= 4 is 11.6 Å². The lowest BCUT2D eigenvalue weighted by Crippen LogP contribution is -2.68. The second-order valence-corrected chi connectivity index (χ2v) is 5.28. The minimum Gasteiger partial charge on any atom is -0.376 e. The van der Waals surface area contributed by atoms with Gasteiger partial charge >= 0.3 is 0 Å². The van der Waals surface area contributed by atoms with Gasteiger partial charge in [0, 0.05) is 24.6 Å². The molecule has 1 amide bonds. The predicted octanol–water partition coefficient (Wildman–Crippen LogP) is 0.578. The highest BCUT2D eigenvalue weighted by molar-refractivity contribution is 5.98. The van der Waals surface area contributed by atoms with Crippen LogP contribution >= 0.6 is 0 Å². The lowest BCUT2D eigenvalue weighted by molar-refractivity contribution is -0.385. The topological polar surface area (TPSA) is 107 Å². The molecular formula is C13H14FN3O4. The van der Waals surface area contributed by atoms with Crippen LogP contribution in [0.4, 0.5) is 10.1 Å². The van der Waals surface area contributed by atoms with E-state index in [9.17, 15) is 19.3 Å². The second-order valence-electron chi connectivity index (χ2n) is 5.28. The number of nitrogens with zero attached hydrogens (tertiary/aromatic N) is 1. The van der Waals surface area contributed by atoms with Gasteiger partial charge in [-0.1, -0.05) is 0 Å². The molecule has 112 valence electrons. The van der Waals surface area contributed by atoms with Crippen molar-refractivity contribution in [2.75, 3.05) is 6.61 Å². The Morgan fingerprint density at radius 3 is 3.00 bits per heavy atom. The number of nitrogens with two attached hydrogens (primary N) is 1. The van der Waals surface area contributed by atoms with Crippen molar-refractivity contribution < 1.29 is 18.8 Å². The summed E-state index contributed by atoms with van der Waals surface area (Å²) in [5.41, 5.74) is 5.21. The maximum Gasteiger partial charge on any atom is 0.282 e. The average molecular weight is 295 g/mol. The SMILES string of the molecule is NC1C2CCOC2C1NC(=O)c1cc(F)ccc1[N+](=O)[O-]. The molecule has 1 aromatic carbocycles. The Bertz CT molecular complexity index is 609.